The molecule has 2 unspecified atom stereocenters. The van der Waals surface area contributed by atoms with Gasteiger partial charge in [-0.05, 0) is 67.8 Å². The summed E-state index contributed by atoms with van der Waals surface area (Å²) >= 11 is 0. The average Bonchev–Trinajstić information content (AvgIpc) is 2.50. The molecule has 3 nitrogen and oxygen atoms in total. The number of aliphatic hydroxyl groups is 1. The average molecular weight is 313 g/mol. The summed E-state index contributed by atoms with van der Waals surface area (Å²) in [5, 5.41) is 13.8. The lowest BCUT2D eigenvalue weighted by molar-refractivity contribution is -0.167. The summed E-state index contributed by atoms with van der Waals surface area (Å²) in [6.45, 7) is 0.613. The van der Waals surface area contributed by atoms with E-state index in [4.69, 9.17) is 0 Å². The number of carbonyl (C=O) groups is 1. The molecule has 4 saturated carbocycles. The molecule has 2 N–H and O–H groups in total. The summed E-state index contributed by atoms with van der Waals surface area (Å²) in [7, 11) is 0. The molecular formula is C20H27NO2. The van der Waals surface area contributed by atoms with E-state index in [0.29, 0.717) is 24.8 Å². The Kier molecular flexibility index (Phi) is 3.72. The van der Waals surface area contributed by atoms with Gasteiger partial charge in [-0.2, -0.15) is 0 Å². The fraction of sp³-hybridized carbons (Fsp3) is 0.650. The van der Waals surface area contributed by atoms with Crippen LogP contribution >= 0.6 is 0 Å². The fourth-order valence-corrected chi connectivity index (χ4v) is 5.96. The first-order valence-corrected chi connectivity index (χ1v) is 9.07. The van der Waals surface area contributed by atoms with Gasteiger partial charge in [0.1, 0.15) is 0 Å². The molecule has 0 aromatic heterocycles. The normalized spacial score (nSPS) is 37.8. The summed E-state index contributed by atoms with van der Waals surface area (Å²) in [4.78, 5) is 12.2. The van der Waals surface area contributed by atoms with Crippen LogP contribution in [0, 0.1) is 17.3 Å². The van der Waals surface area contributed by atoms with Crippen molar-refractivity contribution in [3.63, 3.8) is 0 Å². The van der Waals surface area contributed by atoms with Gasteiger partial charge in [0, 0.05) is 13.0 Å². The van der Waals surface area contributed by atoms with Gasteiger partial charge in [0.2, 0.25) is 5.91 Å². The van der Waals surface area contributed by atoms with Gasteiger partial charge in [-0.25, -0.2) is 0 Å². The van der Waals surface area contributed by atoms with Gasteiger partial charge in [-0.1, -0.05) is 30.3 Å². The van der Waals surface area contributed by atoms with Gasteiger partial charge >= 0.3 is 0 Å². The van der Waals surface area contributed by atoms with Gasteiger partial charge in [-0.3, -0.25) is 4.79 Å². The standard InChI is InChI=1S/C20H27NO2/c22-18(21-13-15-4-2-1-3-5-15)6-7-19-9-16-8-17(10-19)12-20(23,11-16)14-19/h1-5,16-17,23H,6-14H2,(H,21,22). The van der Waals surface area contributed by atoms with E-state index in [0.717, 1.165) is 31.2 Å². The molecule has 4 aliphatic rings. The van der Waals surface area contributed by atoms with Crippen LogP contribution in [0.15, 0.2) is 30.3 Å². The Bertz CT molecular complexity index is 569. The third kappa shape index (κ3) is 3.16. The lowest BCUT2D eigenvalue weighted by atomic mass is 9.47. The van der Waals surface area contributed by atoms with Gasteiger partial charge in [-0.15, -0.1) is 0 Å². The van der Waals surface area contributed by atoms with Crippen molar-refractivity contribution in [1.82, 2.24) is 5.32 Å². The number of hydrogen-bond acceptors (Lipinski definition) is 2. The molecule has 1 amide bonds. The van der Waals surface area contributed by atoms with E-state index < -0.39 is 5.60 Å². The largest absolute Gasteiger partial charge is 0.390 e. The van der Waals surface area contributed by atoms with Crippen molar-refractivity contribution in [2.45, 2.75) is 63.5 Å². The highest BCUT2D eigenvalue weighted by Gasteiger charge is 2.56. The molecule has 0 aliphatic heterocycles. The number of amides is 1. The molecule has 0 spiro atoms. The second-order valence-corrected chi connectivity index (χ2v) is 8.45. The first-order chi connectivity index (χ1) is 11.0. The Balaban J connectivity index is 1.31. The highest BCUT2D eigenvalue weighted by molar-refractivity contribution is 5.75. The Hall–Kier alpha value is -1.35. The van der Waals surface area contributed by atoms with Crippen LogP contribution in [-0.4, -0.2) is 16.6 Å². The van der Waals surface area contributed by atoms with Crippen LogP contribution in [0.4, 0.5) is 0 Å². The van der Waals surface area contributed by atoms with Crippen LogP contribution < -0.4 is 5.32 Å². The summed E-state index contributed by atoms with van der Waals surface area (Å²) in [6, 6.07) is 10.1. The van der Waals surface area contributed by atoms with Crippen molar-refractivity contribution < 1.29 is 9.90 Å². The third-order valence-electron chi connectivity index (χ3n) is 6.37. The molecule has 3 heteroatoms. The maximum absolute atomic E-state index is 12.2. The lowest BCUT2D eigenvalue weighted by Crippen LogP contribution is -2.55. The van der Waals surface area contributed by atoms with E-state index in [9.17, 15) is 9.90 Å². The highest BCUT2D eigenvalue weighted by atomic mass is 16.3. The summed E-state index contributed by atoms with van der Waals surface area (Å²) in [6.07, 6.45) is 8.26. The van der Waals surface area contributed by atoms with Gasteiger partial charge in [0.05, 0.1) is 5.60 Å². The fourth-order valence-electron chi connectivity index (χ4n) is 5.96. The molecule has 0 saturated heterocycles. The van der Waals surface area contributed by atoms with E-state index in [1.807, 2.05) is 30.3 Å². The van der Waals surface area contributed by atoms with Crippen LogP contribution in [0.25, 0.3) is 0 Å². The van der Waals surface area contributed by atoms with Gasteiger partial charge in [0.15, 0.2) is 0 Å². The quantitative estimate of drug-likeness (QED) is 0.875. The topological polar surface area (TPSA) is 49.3 Å². The van der Waals surface area contributed by atoms with Crippen LogP contribution in [0.1, 0.15) is 56.9 Å². The minimum atomic E-state index is -0.412. The molecule has 4 bridgehead atoms. The van der Waals surface area contributed by atoms with Crippen LogP contribution in [0.5, 0.6) is 0 Å². The number of carbonyl (C=O) groups excluding carboxylic acids is 1. The molecule has 4 aliphatic carbocycles. The Morgan fingerprint density at radius 2 is 1.83 bits per heavy atom. The van der Waals surface area contributed by atoms with Crippen LogP contribution in [0.3, 0.4) is 0 Å². The SMILES string of the molecule is O=C(CCC12CC3CC(CC(O)(C3)C1)C2)NCc1ccccc1. The molecule has 1 aromatic rings. The third-order valence-corrected chi connectivity index (χ3v) is 6.37. The van der Waals surface area contributed by atoms with E-state index in [1.54, 1.807) is 0 Å². The zero-order valence-electron chi connectivity index (χ0n) is 13.8. The lowest BCUT2D eigenvalue weighted by Gasteiger charge is -2.60. The highest BCUT2D eigenvalue weighted by Crippen LogP contribution is 2.63. The number of rotatable bonds is 5. The molecule has 5 rings (SSSR count). The number of nitrogens with one attached hydrogen (secondary N) is 1. The van der Waals surface area contributed by atoms with Crippen molar-refractivity contribution in [1.29, 1.82) is 0 Å². The molecule has 4 fully saturated rings. The molecule has 0 heterocycles. The minimum Gasteiger partial charge on any atom is -0.390 e. The minimum absolute atomic E-state index is 0.150. The van der Waals surface area contributed by atoms with E-state index in [1.165, 1.54) is 19.3 Å². The first-order valence-electron chi connectivity index (χ1n) is 9.07. The number of benzene rings is 1. The first kappa shape index (κ1) is 15.2. The number of hydrogen-bond donors (Lipinski definition) is 2. The van der Waals surface area contributed by atoms with Crippen molar-refractivity contribution in [3.05, 3.63) is 35.9 Å². The zero-order chi connectivity index (χ0) is 15.9. The predicted molar refractivity (Wildman–Crippen MR) is 89.6 cm³/mol. The molecule has 23 heavy (non-hydrogen) atoms. The smallest absolute Gasteiger partial charge is 0.220 e. The Morgan fingerprint density at radius 1 is 1.13 bits per heavy atom. The monoisotopic (exact) mass is 313 g/mol. The Morgan fingerprint density at radius 3 is 2.48 bits per heavy atom. The van der Waals surface area contributed by atoms with E-state index >= 15 is 0 Å². The summed E-state index contributed by atoms with van der Waals surface area (Å²) in [5.41, 5.74) is 0.970. The second kappa shape index (κ2) is 5.62. The molecule has 2 atom stereocenters. The molecule has 0 radical (unpaired) electrons. The molecular weight excluding hydrogens is 286 g/mol. The second-order valence-electron chi connectivity index (χ2n) is 8.45. The van der Waals surface area contributed by atoms with E-state index in [-0.39, 0.29) is 11.3 Å². The van der Waals surface area contributed by atoms with Crippen LogP contribution in [0.2, 0.25) is 0 Å². The van der Waals surface area contributed by atoms with Crippen molar-refractivity contribution in [2.75, 3.05) is 0 Å². The predicted octanol–water partition coefficient (Wildman–Crippen LogP) is 3.41. The molecule has 124 valence electrons. The van der Waals surface area contributed by atoms with Crippen molar-refractivity contribution in [3.8, 4) is 0 Å². The maximum Gasteiger partial charge on any atom is 0.220 e. The molecule has 1 aromatic carbocycles. The maximum atomic E-state index is 12.2. The summed E-state index contributed by atoms with van der Waals surface area (Å²) in [5.74, 6) is 1.55. The van der Waals surface area contributed by atoms with E-state index in [2.05, 4.69) is 5.32 Å². The summed E-state index contributed by atoms with van der Waals surface area (Å²) < 4.78 is 0. The van der Waals surface area contributed by atoms with Crippen molar-refractivity contribution >= 4 is 5.91 Å². The van der Waals surface area contributed by atoms with Gasteiger partial charge < -0.3 is 10.4 Å². The van der Waals surface area contributed by atoms with Crippen LogP contribution in [-0.2, 0) is 11.3 Å². The van der Waals surface area contributed by atoms with Gasteiger partial charge in [0.25, 0.3) is 0 Å². The Labute approximate surface area is 138 Å². The van der Waals surface area contributed by atoms with Crippen molar-refractivity contribution in [2.24, 2.45) is 17.3 Å². The zero-order valence-corrected chi connectivity index (χ0v) is 13.8.